The maximum atomic E-state index is 8.70. The number of hydrogen-bond donors (Lipinski definition) is 3. The van der Waals surface area contributed by atoms with Crippen molar-refractivity contribution in [3.63, 3.8) is 0 Å². The Labute approximate surface area is 63.1 Å². The summed E-state index contributed by atoms with van der Waals surface area (Å²) in [7, 11) is 0. The maximum absolute atomic E-state index is 8.70. The summed E-state index contributed by atoms with van der Waals surface area (Å²) in [6.07, 6.45) is 0. The smallest absolute Gasteiger partial charge is 0.115 e. The molecule has 0 aromatic heterocycles. The largest absolute Gasteiger partial charge is 0.508 e. The van der Waals surface area contributed by atoms with E-state index in [1.165, 1.54) is 0 Å². The Kier molecular flexibility index (Phi) is 4.66. The first-order valence-electron chi connectivity index (χ1n) is 2.43. The van der Waals surface area contributed by atoms with Crippen LogP contribution in [-0.4, -0.2) is 15.6 Å². The minimum atomic E-state index is 0.245. The molecule has 0 aliphatic rings. The summed E-state index contributed by atoms with van der Waals surface area (Å²) >= 11 is 5.50. The Morgan fingerprint density at radius 2 is 1.40 bits per heavy atom. The Morgan fingerprint density at radius 1 is 1.00 bits per heavy atom. The second-order valence-corrected chi connectivity index (χ2v) is 1.91. The van der Waals surface area contributed by atoms with Crippen LogP contribution in [0.1, 0.15) is 0 Å². The molecule has 0 fully saturated rings. The average Bonchev–Trinajstić information content (AvgIpc) is 2.00. The zero-order valence-corrected chi connectivity index (χ0v) is 5.78. The van der Waals surface area contributed by atoms with E-state index in [4.69, 9.17) is 27.2 Å². The fourth-order valence-corrected chi connectivity index (χ4v) is 0.567. The van der Waals surface area contributed by atoms with E-state index in [9.17, 15) is 0 Å². The van der Waals surface area contributed by atoms with E-state index < -0.39 is 0 Å². The molecule has 1 aromatic rings. The topological polar surface area (TPSA) is 60.7 Å². The first kappa shape index (κ1) is 9.23. The van der Waals surface area contributed by atoms with E-state index in [2.05, 4.69) is 0 Å². The lowest BCUT2D eigenvalue weighted by molar-refractivity contribution is -0.176. The van der Waals surface area contributed by atoms with Crippen molar-refractivity contribution in [2.45, 2.75) is 0 Å². The third-order valence-electron chi connectivity index (χ3n) is 0.827. The molecule has 56 valence electrons. The maximum Gasteiger partial charge on any atom is 0.115 e. The first-order chi connectivity index (χ1) is 4.79. The van der Waals surface area contributed by atoms with Crippen LogP contribution in [0.25, 0.3) is 0 Å². The van der Waals surface area contributed by atoms with Gasteiger partial charge in [0.25, 0.3) is 0 Å². The number of benzene rings is 1. The number of phenolic OH excluding ortho intramolecular Hbond substituents is 1. The van der Waals surface area contributed by atoms with Crippen LogP contribution in [0.4, 0.5) is 0 Å². The molecule has 3 N–H and O–H groups in total. The van der Waals surface area contributed by atoms with Gasteiger partial charge in [0.15, 0.2) is 0 Å². The SMILES string of the molecule is OO.Oc1ccc(Cl)cc1. The molecule has 0 spiro atoms. The summed E-state index contributed by atoms with van der Waals surface area (Å²) in [5, 5.41) is 21.3. The molecule has 0 aliphatic heterocycles. The Morgan fingerprint density at radius 3 is 1.70 bits per heavy atom. The lowest BCUT2D eigenvalue weighted by atomic mass is 10.3. The Hall–Kier alpha value is -0.770. The van der Waals surface area contributed by atoms with Crippen LogP contribution in [0.3, 0.4) is 0 Å². The van der Waals surface area contributed by atoms with Crippen LogP contribution in [-0.2, 0) is 0 Å². The number of hydrogen-bond acceptors (Lipinski definition) is 3. The molecule has 0 aliphatic carbocycles. The molecular weight excluding hydrogens is 156 g/mol. The lowest BCUT2D eigenvalue weighted by Crippen LogP contribution is -1.61. The van der Waals surface area contributed by atoms with Gasteiger partial charge in [0.1, 0.15) is 5.75 Å². The monoisotopic (exact) mass is 162 g/mol. The number of aromatic hydroxyl groups is 1. The van der Waals surface area contributed by atoms with Gasteiger partial charge in [0, 0.05) is 5.02 Å². The summed E-state index contributed by atoms with van der Waals surface area (Å²) in [4.78, 5) is 0. The molecule has 0 unspecified atom stereocenters. The van der Waals surface area contributed by atoms with Gasteiger partial charge in [-0.3, -0.25) is 10.5 Å². The predicted octanol–water partition coefficient (Wildman–Crippen LogP) is 2.06. The van der Waals surface area contributed by atoms with Crippen LogP contribution in [0.15, 0.2) is 24.3 Å². The molecule has 0 bridgehead atoms. The zero-order chi connectivity index (χ0) is 7.98. The highest BCUT2D eigenvalue weighted by Gasteiger charge is 1.84. The second-order valence-electron chi connectivity index (χ2n) is 1.48. The van der Waals surface area contributed by atoms with Gasteiger partial charge in [-0.25, -0.2) is 0 Å². The molecule has 0 radical (unpaired) electrons. The van der Waals surface area contributed by atoms with Gasteiger partial charge < -0.3 is 5.11 Å². The Balaban J connectivity index is 0.000000371. The fraction of sp³-hybridized carbons (Fsp3) is 0. The first-order valence-corrected chi connectivity index (χ1v) is 2.81. The third kappa shape index (κ3) is 3.29. The number of rotatable bonds is 0. The molecular formula is C6H7ClO3. The highest BCUT2D eigenvalue weighted by molar-refractivity contribution is 6.30. The van der Waals surface area contributed by atoms with Gasteiger partial charge in [-0.15, -0.1) is 0 Å². The van der Waals surface area contributed by atoms with Gasteiger partial charge in [-0.05, 0) is 24.3 Å². The molecule has 0 atom stereocenters. The molecule has 4 heteroatoms. The predicted molar refractivity (Wildman–Crippen MR) is 38.4 cm³/mol. The summed E-state index contributed by atoms with van der Waals surface area (Å²) in [5.41, 5.74) is 0. The van der Waals surface area contributed by atoms with Crippen LogP contribution >= 0.6 is 11.6 Å². The van der Waals surface area contributed by atoms with Crippen molar-refractivity contribution in [1.82, 2.24) is 0 Å². The molecule has 0 saturated heterocycles. The Bertz CT molecular complexity index is 152. The van der Waals surface area contributed by atoms with Crippen molar-refractivity contribution in [2.75, 3.05) is 0 Å². The fourth-order valence-electron chi connectivity index (χ4n) is 0.441. The third-order valence-corrected chi connectivity index (χ3v) is 1.08. The van der Waals surface area contributed by atoms with E-state index in [1.54, 1.807) is 24.3 Å². The molecule has 1 aromatic carbocycles. The van der Waals surface area contributed by atoms with Crippen molar-refractivity contribution in [1.29, 1.82) is 0 Å². The van der Waals surface area contributed by atoms with Gasteiger partial charge in [-0.1, -0.05) is 11.6 Å². The lowest BCUT2D eigenvalue weighted by Gasteiger charge is -1.87. The molecule has 3 nitrogen and oxygen atoms in total. The van der Waals surface area contributed by atoms with Crippen molar-refractivity contribution in [3.05, 3.63) is 29.3 Å². The van der Waals surface area contributed by atoms with Crippen LogP contribution in [0.2, 0.25) is 5.02 Å². The molecule has 10 heavy (non-hydrogen) atoms. The van der Waals surface area contributed by atoms with Gasteiger partial charge in [0.2, 0.25) is 0 Å². The van der Waals surface area contributed by atoms with Gasteiger partial charge >= 0.3 is 0 Å². The minimum Gasteiger partial charge on any atom is -0.508 e. The van der Waals surface area contributed by atoms with Crippen LogP contribution in [0, 0.1) is 0 Å². The highest BCUT2D eigenvalue weighted by Crippen LogP contribution is 2.12. The normalized spacial score (nSPS) is 7.90. The molecule has 0 saturated carbocycles. The molecule has 0 amide bonds. The second kappa shape index (κ2) is 5.05. The summed E-state index contributed by atoms with van der Waals surface area (Å²) in [6, 6.07) is 6.36. The van der Waals surface area contributed by atoms with Gasteiger partial charge in [-0.2, -0.15) is 0 Å². The van der Waals surface area contributed by atoms with Crippen molar-refractivity contribution >= 4 is 11.6 Å². The van der Waals surface area contributed by atoms with Crippen molar-refractivity contribution in [3.8, 4) is 5.75 Å². The van der Waals surface area contributed by atoms with Crippen molar-refractivity contribution < 1.29 is 15.6 Å². The molecule has 1 rings (SSSR count). The van der Waals surface area contributed by atoms with E-state index in [-0.39, 0.29) is 5.75 Å². The van der Waals surface area contributed by atoms with E-state index in [0.717, 1.165) is 0 Å². The molecule has 0 heterocycles. The zero-order valence-electron chi connectivity index (χ0n) is 5.03. The quantitative estimate of drug-likeness (QED) is 0.404. The van der Waals surface area contributed by atoms with Crippen molar-refractivity contribution in [2.24, 2.45) is 0 Å². The minimum absolute atomic E-state index is 0.245. The van der Waals surface area contributed by atoms with E-state index in [1.807, 2.05) is 0 Å². The summed E-state index contributed by atoms with van der Waals surface area (Å²) < 4.78 is 0. The van der Waals surface area contributed by atoms with Crippen LogP contribution < -0.4 is 0 Å². The summed E-state index contributed by atoms with van der Waals surface area (Å²) in [6.45, 7) is 0. The average molecular weight is 163 g/mol. The standard InChI is InChI=1S/C6H5ClO.H2O2/c7-5-1-3-6(8)4-2-5;1-2/h1-4,8H;1-2H. The summed E-state index contributed by atoms with van der Waals surface area (Å²) in [5.74, 6) is 0.245. The van der Waals surface area contributed by atoms with Gasteiger partial charge in [0.05, 0.1) is 0 Å². The van der Waals surface area contributed by atoms with E-state index >= 15 is 0 Å². The number of phenols is 1. The van der Waals surface area contributed by atoms with Crippen LogP contribution in [0.5, 0.6) is 5.75 Å². The number of halogens is 1. The van der Waals surface area contributed by atoms with E-state index in [0.29, 0.717) is 5.02 Å². The highest BCUT2D eigenvalue weighted by atomic mass is 35.5.